The molecule has 1 heterocycles. The number of anilines is 3. The van der Waals surface area contributed by atoms with Crippen molar-refractivity contribution >= 4 is 45.5 Å². The van der Waals surface area contributed by atoms with Crippen LogP contribution >= 0.6 is 23.1 Å². The third-order valence-electron chi connectivity index (χ3n) is 3.41. The smallest absolute Gasteiger partial charge is 0.237 e. The Kier molecular flexibility index (Phi) is 6.01. The molecule has 0 spiro atoms. The monoisotopic (exact) mass is 399 g/mol. The van der Waals surface area contributed by atoms with E-state index in [2.05, 4.69) is 20.8 Å². The number of benzene rings is 2. The van der Waals surface area contributed by atoms with Gasteiger partial charge in [-0.1, -0.05) is 29.2 Å². The lowest BCUT2D eigenvalue weighted by molar-refractivity contribution is -0.115. The van der Waals surface area contributed by atoms with E-state index in [-0.39, 0.29) is 11.7 Å². The van der Waals surface area contributed by atoms with Crippen molar-refractivity contribution in [2.45, 2.75) is 16.5 Å². The van der Waals surface area contributed by atoms with E-state index < -0.39 is 5.25 Å². The Morgan fingerprint density at radius 3 is 2.70 bits per heavy atom. The van der Waals surface area contributed by atoms with E-state index in [4.69, 9.17) is 5.26 Å². The number of nitrogens with one attached hydrogen (secondary N) is 2. The molecule has 3 aromatic rings. The summed E-state index contributed by atoms with van der Waals surface area (Å²) in [6, 6.07) is 14.7. The Bertz CT molecular complexity index is 984. The van der Waals surface area contributed by atoms with Crippen LogP contribution in [0.25, 0.3) is 0 Å². The molecule has 1 amide bonds. The Balaban J connectivity index is 1.57. The number of thioether (sulfide) groups is 1. The molecule has 6 nitrogen and oxygen atoms in total. The molecular weight excluding hydrogens is 385 g/mol. The van der Waals surface area contributed by atoms with Gasteiger partial charge in [-0.25, -0.2) is 4.39 Å². The first kappa shape index (κ1) is 18.8. The van der Waals surface area contributed by atoms with Gasteiger partial charge in [0.2, 0.25) is 11.0 Å². The van der Waals surface area contributed by atoms with Crippen molar-refractivity contribution in [2.75, 3.05) is 10.6 Å². The van der Waals surface area contributed by atoms with Crippen LogP contribution in [-0.4, -0.2) is 21.4 Å². The lowest BCUT2D eigenvalue weighted by Gasteiger charge is -2.10. The van der Waals surface area contributed by atoms with Gasteiger partial charge < -0.3 is 10.6 Å². The van der Waals surface area contributed by atoms with Gasteiger partial charge in [0.05, 0.1) is 16.9 Å². The predicted molar refractivity (Wildman–Crippen MR) is 105 cm³/mol. The second kappa shape index (κ2) is 8.62. The van der Waals surface area contributed by atoms with Crippen LogP contribution in [0.3, 0.4) is 0 Å². The van der Waals surface area contributed by atoms with Crippen LogP contribution in [0, 0.1) is 17.1 Å². The lowest BCUT2D eigenvalue weighted by atomic mass is 10.2. The predicted octanol–water partition coefficient (Wildman–Crippen LogP) is 4.41. The maximum absolute atomic E-state index is 13.2. The largest absolute Gasteiger partial charge is 0.330 e. The van der Waals surface area contributed by atoms with Crippen LogP contribution in [0.15, 0.2) is 52.9 Å². The Labute approximate surface area is 163 Å². The quantitative estimate of drug-likeness (QED) is 0.597. The van der Waals surface area contributed by atoms with Gasteiger partial charge in [-0.3, -0.25) is 4.79 Å². The van der Waals surface area contributed by atoms with Crippen LogP contribution in [0.1, 0.15) is 12.5 Å². The lowest BCUT2D eigenvalue weighted by Crippen LogP contribution is -2.22. The average Bonchev–Trinajstić information content (AvgIpc) is 3.09. The highest BCUT2D eigenvalue weighted by Gasteiger charge is 2.17. The van der Waals surface area contributed by atoms with Crippen molar-refractivity contribution in [3.63, 3.8) is 0 Å². The molecule has 9 heteroatoms. The van der Waals surface area contributed by atoms with Gasteiger partial charge in [0, 0.05) is 11.4 Å². The first-order valence-electron chi connectivity index (χ1n) is 7.87. The molecule has 0 saturated carbocycles. The third-order valence-corrected chi connectivity index (χ3v) is 5.43. The van der Waals surface area contributed by atoms with E-state index in [9.17, 15) is 9.18 Å². The van der Waals surface area contributed by atoms with E-state index in [0.29, 0.717) is 26.4 Å². The molecular formula is C18H14FN5OS2. The molecule has 1 aromatic heterocycles. The summed E-state index contributed by atoms with van der Waals surface area (Å²) in [5.41, 5.74) is 1.73. The SMILES string of the molecule is C[C@H](Sc1nnc(Nc2cccc(F)c2)s1)C(=O)Nc1ccc(C#N)cc1. The number of hydrogen-bond donors (Lipinski definition) is 2. The fourth-order valence-corrected chi connectivity index (χ4v) is 3.99. The molecule has 2 aromatic carbocycles. The minimum Gasteiger partial charge on any atom is -0.330 e. The zero-order valence-electron chi connectivity index (χ0n) is 14.1. The van der Waals surface area contributed by atoms with E-state index in [1.807, 2.05) is 6.07 Å². The third kappa shape index (κ3) is 5.26. The van der Waals surface area contributed by atoms with Crippen molar-refractivity contribution < 1.29 is 9.18 Å². The molecule has 0 radical (unpaired) electrons. The first-order chi connectivity index (χ1) is 13.0. The fourth-order valence-electron chi connectivity index (χ4n) is 2.07. The van der Waals surface area contributed by atoms with Crippen molar-refractivity contribution in [3.8, 4) is 6.07 Å². The van der Waals surface area contributed by atoms with Crippen molar-refractivity contribution in [1.82, 2.24) is 10.2 Å². The summed E-state index contributed by atoms with van der Waals surface area (Å²) in [5.74, 6) is -0.522. The van der Waals surface area contributed by atoms with E-state index in [1.165, 1.54) is 35.2 Å². The standard InChI is InChI=1S/C18H14FN5OS2/c1-11(16(25)21-14-7-5-12(10-20)6-8-14)26-18-24-23-17(27-18)22-15-4-2-3-13(19)9-15/h2-9,11H,1H3,(H,21,25)(H,22,23)/t11-/m0/s1. The molecule has 3 rings (SSSR count). The zero-order chi connectivity index (χ0) is 19.2. The maximum Gasteiger partial charge on any atom is 0.237 e. The van der Waals surface area contributed by atoms with Gasteiger partial charge in [-0.2, -0.15) is 5.26 Å². The van der Waals surface area contributed by atoms with Crippen LogP contribution in [-0.2, 0) is 4.79 Å². The minimum atomic E-state index is -0.393. The summed E-state index contributed by atoms with van der Waals surface area (Å²) in [6.45, 7) is 1.77. The number of rotatable bonds is 6. The van der Waals surface area contributed by atoms with Crippen molar-refractivity contribution in [3.05, 3.63) is 59.9 Å². The number of carbonyl (C=O) groups is 1. The number of nitrogens with zero attached hydrogens (tertiary/aromatic N) is 3. The maximum atomic E-state index is 13.2. The van der Waals surface area contributed by atoms with Gasteiger partial charge >= 0.3 is 0 Å². The summed E-state index contributed by atoms with van der Waals surface area (Å²) >= 11 is 2.56. The number of aromatic nitrogens is 2. The van der Waals surface area contributed by atoms with Crippen LogP contribution < -0.4 is 10.6 Å². The number of amides is 1. The molecule has 0 saturated heterocycles. The van der Waals surface area contributed by atoms with E-state index in [1.54, 1.807) is 43.3 Å². The molecule has 0 aliphatic rings. The molecule has 1 atom stereocenters. The first-order valence-corrected chi connectivity index (χ1v) is 9.57. The van der Waals surface area contributed by atoms with Crippen LogP contribution in [0.2, 0.25) is 0 Å². The summed E-state index contributed by atoms with van der Waals surface area (Å²) < 4.78 is 13.8. The molecule has 0 fully saturated rings. The highest BCUT2D eigenvalue weighted by Crippen LogP contribution is 2.31. The summed E-state index contributed by atoms with van der Waals surface area (Å²) in [5, 5.41) is 22.8. The van der Waals surface area contributed by atoms with Gasteiger partial charge in [0.25, 0.3) is 0 Å². The molecule has 0 bridgehead atoms. The highest BCUT2D eigenvalue weighted by atomic mass is 32.2. The molecule has 0 aliphatic heterocycles. The van der Waals surface area contributed by atoms with Gasteiger partial charge in [0.15, 0.2) is 4.34 Å². The number of carbonyl (C=O) groups excluding carboxylic acids is 1. The van der Waals surface area contributed by atoms with E-state index >= 15 is 0 Å². The van der Waals surface area contributed by atoms with Crippen molar-refractivity contribution in [1.29, 1.82) is 5.26 Å². The highest BCUT2D eigenvalue weighted by molar-refractivity contribution is 8.02. The summed E-state index contributed by atoms with van der Waals surface area (Å²) in [7, 11) is 0. The second-order valence-electron chi connectivity index (χ2n) is 5.45. The van der Waals surface area contributed by atoms with Crippen molar-refractivity contribution in [2.24, 2.45) is 0 Å². The van der Waals surface area contributed by atoms with Crippen LogP contribution in [0.4, 0.5) is 20.9 Å². The van der Waals surface area contributed by atoms with Crippen LogP contribution in [0.5, 0.6) is 0 Å². The van der Waals surface area contributed by atoms with Gasteiger partial charge in [0.1, 0.15) is 5.82 Å². The van der Waals surface area contributed by atoms with Gasteiger partial charge in [-0.15, -0.1) is 10.2 Å². The molecule has 136 valence electrons. The molecule has 0 aliphatic carbocycles. The fraction of sp³-hybridized carbons (Fsp3) is 0.111. The molecule has 2 N–H and O–H groups in total. The molecule has 27 heavy (non-hydrogen) atoms. The number of hydrogen-bond acceptors (Lipinski definition) is 7. The van der Waals surface area contributed by atoms with E-state index in [0.717, 1.165) is 0 Å². The average molecular weight is 399 g/mol. The number of nitriles is 1. The number of halogens is 1. The Hall–Kier alpha value is -2.96. The molecule has 0 unspecified atom stereocenters. The van der Waals surface area contributed by atoms with Gasteiger partial charge in [-0.05, 0) is 49.4 Å². The topological polar surface area (TPSA) is 90.7 Å². The summed E-state index contributed by atoms with van der Waals surface area (Å²) in [4.78, 5) is 12.3. The Morgan fingerprint density at radius 1 is 1.22 bits per heavy atom. The zero-order valence-corrected chi connectivity index (χ0v) is 15.8. The normalized spacial score (nSPS) is 11.4. The Morgan fingerprint density at radius 2 is 2.00 bits per heavy atom. The second-order valence-corrected chi connectivity index (χ2v) is 8.01. The minimum absolute atomic E-state index is 0.181. The summed E-state index contributed by atoms with van der Waals surface area (Å²) in [6.07, 6.45) is 0.